The Labute approximate surface area is 208 Å². The van der Waals surface area contributed by atoms with Crippen LogP contribution in [0.2, 0.25) is 0 Å². The number of benzene rings is 2. The molecule has 0 bridgehead atoms. The zero-order chi connectivity index (χ0) is 25.2. The average Bonchev–Trinajstić information content (AvgIpc) is 3.41. The third kappa shape index (κ3) is 4.47. The molecule has 3 heterocycles. The number of nitrogen functional groups attached to an aromatic ring is 1. The molecule has 1 fully saturated rings. The van der Waals surface area contributed by atoms with Crippen LogP contribution in [-0.4, -0.2) is 59.9 Å². The van der Waals surface area contributed by atoms with Gasteiger partial charge in [0.05, 0.1) is 42.7 Å². The number of nitrogens with zero attached hydrogens (tertiary/aromatic N) is 4. The summed E-state index contributed by atoms with van der Waals surface area (Å²) in [6.45, 7) is 3.83. The Kier molecular flexibility index (Phi) is 6.51. The van der Waals surface area contributed by atoms with Crippen molar-refractivity contribution in [1.29, 1.82) is 0 Å². The molecule has 5 rings (SSSR count). The number of pyridine rings is 1. The van der Waals surface area contributed by atoms with Gasteiger partial charge in [0.1, 0.15) is 29.4 Å². The number of hydrogen-bond acceptors (Lipinski definition) is 9. The molecule has 36 heavy (non-hydrogen) atoms. The standard InChI is InChI=1S/C26H30N6O4/c1-31-21-15-28-26(30-24(21)17-14-22(34-2)19(27)13-18(17)25(31)33)29-20-7-6-16(12-23(20)35-3)36-11-10-32-8-4-5-9-32/h6-7,12-15H,4-5,8-11,27H2,1-3H3,(H,28,29,30). The number of anilines is 3. The normalized spacial score (nSPS) is 13.9. The average molecular weight is 491 g/mol. The highest BCUT2D eigenvalue weighted by Crippen LogP contribution is 2.33. The van der Waals surface area contributed by atoms with Gasteiger partial charge < -0.3 is 29.8 Å². The molecule has 0 aliphatic carbocycles. The maximum absolute atomic E-state index is 12.9. The third-order valence-electron chi connectivity index (χ3n) is 6.59. The Morgan fingerprint density at radius 2 is 1.83 bits per heavy atom. The van der Waals surface area contributed by atoms with Gasteiger partial charge in [-0.3, -0.25) is 9.69 Å². The largest absolute Gasteiger partial charge is 0.495 e. The summed E-state index contributed by atoms with van der Waals surface area (Å²) in [5.41, 5.74) is 8.15. The van der Waals surface area contributed by atoms with E-state index in [-0.39, 0.29) is 5.56 Å². The summed E-state index contributed by atoms with van der Waals surface area (Å²) in [5, 5.41) is 4.32. The van der Waals surface area contributed by atoms with Crippen molar-refractivity contribution in [3.8, 4) is 17.2 Å². The molecule has 0 saturated carbocycles. The van der Waals surface area contributed by atoms with Gasteiger partial charge in [-0.1, -0.05) is 0 Å². The van der Waals surface area contributed by atoms with Crippen LogP contribution in [0.3, 0.4) is 0 Å². The maximum Gasteiger partial charge on any atom is 0.258 e. The van der Waals surface area contributed by atoms with Gasteiger partial charge in [-0.25, -0.2) is 9.97 Å². The molecule has 0 atom stereocenters. The number of aryl methyl sites for hydroxylation is 1. The highest BCUT2D eigenvalue weighted by Gasteiger charge is 2.16. The van der Waals surface area contributed by atoms with Crippen LogP contribution in [-0.2, 0) is 7.05 Å². The molecule has 1 aliphatic heterocycles. The summed E-state index contributed by atoms with van der Waals surface area (Å²) in [4.78, 5) is 24.5. The van der Waals surface area contributed by atoms with Crippen molar-refractivity contribution in [2.75, 3.05) is 51.5 Å². The molecule has 3 N–H and O–H groups in total. The van der Waals surface area contributed by atoms with Crippen molar-refractivity contribution >= 4 is 39.1 Å². The number of rotatable bonds is 8. The minimum atomic E-state index is -0.182. The molecule has 0 amide bonds. The zero-order valence-corrected chi connectivity index (χ0v) is 20.7. The topological polar surface area (TPSA) is 117 Å². The van der Waals surface area contributed by atoms with Crippen molar-refractivity contribution in [2.45, 2.75) is 12.8 Å². The van der Waals surface area contributed by atoms with E-state index in [1.54, 1.807) is 32.5 Å². The molecular weight excluding hydrogens is 460 g/mol. The highest BCUT2D eigenvalue weighted by atomic mass is 16.5. The van der Waals surface area contributed by atoms with Crippen LogP contribution < -0.4 is 30.8 Å². The molecule has 0 radical (unpaired) electrons. The highest BCUT2D eigenvalue weighted by molar-refractivity contribution is 6.05. The van der Waals surface area contributed by atoms with Gasteiger partial charge in [-0.15, -0.1) is 0 Å². The molecular formula is C26H30N6O4. The number of aromatic nitrogens is 3. The van der Waals surface area contributed by atoms with Gasteiger partial charge in [0.15, 0.2) is 0 Å². The lowest BCUT2D eigenvalue weighted by atomic mass is 10.1. The molecule has 1 saturated heterocycles. The summed E-state index contributed by atoms with van der Waals surface area (Å²) in [6.07, 6.45) is 4.15. The van der Waals surface area contributed by atoms with E-state index in [0.29, 0.717) is 57.2 Å². The van der Waals surface area contributed by atoms with Crippen LogP contribution >= 0.6 is 0 Å². The second-order valence-electron chi connectivity index (χ2n) is 8.82. The van der Waals surface area contributed by atoms with Crippen LogP contribution in [0.5, 0.6) is 17.2 Å². The lowest BCUT2D eigenvalue weighted by Crippen LogP contribution is -2.25. The Bertz CT molecular complexity index is 1480. The number of hydrogen-bond donors (Lipinski definition) is 2. The molecule has 0 spiro atoms. The first-order valence-corrected chi connectivity index (χ1v) is 11.9. The van der Waals surface area contributed by atoms with E-state index in [0.717, 1.165) is 25.4 Å². The lowest BCUT2D eigenvalue weighted by Gasteiger charge is -2.16. The number of ether oxygens (including phenoxy) is 3. The van der Waals surface area contributed by atoms with E-state index in [9.17, 15) is 4.79 Å². The fourth-order valence-electron chi connectivity index (χ4n) is 4.60. The molecule has 10 nitrogen and oxygen atoms in total. The van der Waals surface area contributed by atoms with E-state index in [2.05, 4.69) is 15.2 Å². The van der Waals surface area contributed by atoms with Gasteiger partial charge in [0.25, 0.3) is 5.56 Å². The van der Waals surface area contributed by atoms with Crippen molar-refractivity contribution in [3.63, 3.8) is 0 Å². The van der Waals surface area contributed by atoms with Crippen LogP contribution in [0.4, 0.5) is 17.3 Å². The van der Waals surface area contributed by atoms with E-state index < -0.39 is 0 Å². The maximum atomic E-state index is 12.9. The summed E-state index contributed by atoms with van der Waals surface area (Å²) in [7, 11) is 4.83. The molecule has 1 aliphatic rings. The number of nitrogens with one attached hydrogen (secondary N) is 1. The fourth-order valence-corrected chi connectivity index (χ4v) is 4.60. The van der Waals surface area contributed by atoms with Crippen molar-refractivity contribution in [2.24, 2.45) is 7.05 Å². The van der Waals surface area contributed by atoms with E-state index in [4.69, 9.17) is 24.9 Å². The minimum Gasteiger partial charge on any atom is -0.495 e. The quantitative estimate of drug-likeness (QED) is 0.283. The second-order valence-corrected chi connectivity index (χ2v) is 8.82. The van der Waals surface area contributed by atoms with Crippen molar-refractivity contribution in [1.82, 2.24) is 19.4 Å². The van der Waals surface area contributed by atoms with Crippen molar-refractivity contribution < 1.29 is 14.2 Å². The van der Waals surface area contributed by atoms with E-state index in [1.165, 1.54) is 24.5 Å². The van der Waals surface area contributed by atoms with Crippen LogP contribution in [0.1, 0.15) is 12.8 Å². The SMILES string of the molecule is COc1cc2c(cc1N)c(=O)n(C)c1cnc(Nc3ccc(OCCN4CCCC4)cc3OC)nc21. The van der Waals surface area contributed by atoms with Gasteiger partial charge in [-0.2, -0.15) is 0 Å². The predicted octanol–water partition coefficient (Wildman–Crippen LogP) is 3.30. The Balaban J connectivity index is 1.44. The first kappa shape index (κ1) is 23.7. The fraction of sp³-hybridized carbons (Fsp3) is 0.346. The number of nitrogens with two attached hydrogens (primary N) is 1. The summed E-state index contributed by atoms with van der Waals surface area (Å²) in [5.74, 6) is 2.19. The lowest BCUT2D eigenvalue weighted by molar-refractivity contribution is 0.237. The summed E-state index contributed by atoms with van der Waals surface area (Å²) >= 11 is 0. The molecule has 188 valence electrons. The summed E-state index contributed by atoms with van der Waals surface area (Å²) in [6, 6.07) is 8.97. The molecule has 0 unspecified atom stereocenters. The Morgan fingerprint density at radius 1 is 1.06 bits per heavy atom. The zero-order valence-electron chi connectivity index (χ0n) is 20.7. The molecule has 2 aromatic heterocycles. The molecule has 2 aromatic carbocycles. The molecule has 10 heteroatoms. The van der Waals surface area contributed by atoms with E-state index in [1.807, 2.05) is 18.2 Å². The van der Waals surface area contributed by atoms with Crippen LogP contribution in [0.25, 0.3) is 21.8 Å². The van der Waals surface area contributed by atoms with Crippen LogP contribution in [0.15, 0.2) is 41.3 Å². The second kappa shape index (κ2) is 9.90. The first-order chi connectivity index (χ1) is 17.5. The minimum absolute atomic E-state index is 0.182. The van der Waals surface area contributed by atoms with Gasteiger partial charge in [0.2, 0.25) is 5.95 Å². The molecule has 4 aromatic rings. The van der Waals surface area contributed by atoms with E-state index >= 15 is 0 Å². The Hall–Kier alpha value is -4.05. The summed E-state index contributed by atoms with van der Waals surface area (Å²) < 4.78 is 18.4. The number of fused-ring (bicyclic) bond motifs is 3. The number of methoxy groups -OCH3 is 2. The van der Waals surface area contributed by atoms with Gasteiger partial charge in [0, 0.05) is 25.0 Å². The van der Waals surface area contributed by atoms with Crippen molar-refractivity contribution in [3.05, 3.63) is 46.9 Å². The smallest absolute Gasteiger partial charge is 0.258 e. The third-order valence-corrected chi connectivity index (χ3v) is 6.59. The van der Waals surface area contributed by atoms with Crippen LogP contribution in [0, 0.1) is 0 Å². The first-order valence-electron chi connectivity index (χ1n) is 11.9. The Morgan fingerprint density at radius 3 is 2.58 bits per heavy atom. The predicted molar refractivity (Wildman–Crippen MR) is 141 cm³/mol. The monoisotopic (exact) mass is 490 g/mol. The number of likely N-dealkylation sites (tertiary alicyclic amines) is 1. The van der Waals surface area contributed by atoms with Gasteiger partial charge in [-0.05, 0) is 50.2 Å². The van der Waals surface area contributed by atoms with Gasteiger partial charge >= 0.3 is 0 Å².